The van der Waals surface area contributed by atoms with Crippen molar-refractivity contribution in [3.8, 4) is 0 Å². The topological polar surface area (TPSA) is 67.1 Å². The van der Waals surface area contributed by atoms with Gasteiger partial charge in [-0.15, -0.1) is 10.2 Å². The van der Waals surface area contributed by atoms with Crippen LogP contribution in [0.15, 0.2) is 11.3 Å². The molecule has 0 radical (unpaired) electrons. The van der Waals surface area contributed by atoms with E-state index in [1.54, 1.807) is 6.33 Å². The van der Waals surface area contributed by atoms with Gasteiger partial charge in [0, 0.05) is 32.6 Å². The lowest BCUT2D eigenvalue weighted by Crippen LogP contribution is -2.39. The quantitative estimate of drug-likeness (QED) is 0.565. The second kappa shape index (κ2) is 7.11. The Bertz CT molecular complexity index is 407. The van der Waals surface area contributed by atoms with Gasteiger partial charge < -0.3 is 15.2 Å². The van der Waals surface area contributed by atoms with Crippen LogP contribution in [0.2, 0.25) is 0 Å². The van der Waals surface area contributed by atoms with Gasteiger partial charge in [-0.3, -0.25) is 4.99 Å². The number of nitrogens with zero attached hydrogens (tertiary/aromatic N) is 4. The van der Waals surface area contributed by atoms with E-state index < -0.39 is 0 Å². The van der Waals surface area contributed by atoms with Gasteiger partial charge in [-0.1, -0.05) is 6.92 Å². The van der Waals surface area contributed by atoms with E-state index in [1.807, 2.05) is 0 Å². The molecule has 1 saturated carbocycles. The molecule has 0 bridgehead atoms. The molecule has 1 aliphatic rings. The minimum atomic E-state index is 0.819. The maximum atomic E-state index is 4.59. The smallest absolute Gasteiger partial charge is 0.191 e. The highest BCUT2D eigenvalue weighted by molar-refractivity contribution is 5.79. The number of nitrogens with one attached hydrogen (secondary N) is 2. The summed E-state index contributed by atoms with van der Waals surface area (Å²) in [5, 5.41) is 14.6. The summed E-state index contributed by atoms with van der Waals surface area (Å²) in [6.07, 6.45) is 5.37. The van der Waals surface area contributed by atoms with Crippen molar-refractivity contribution >= 4 is 5.96 Å². The summed E-state index contributed by atoms with van der Waals surface area (Å²) in [5.41, 5.74) is 0. The Balaban J connectivity index is 1.76. The maximum Gasteiger partial charge on any atom is 0.191 e. The Morgan fingerprint density at radius 2 is 2.26 bits per heavy atom. The fraction of sp³-hybridized carbons (Fsp3) is 0.769. The van der Waals surface area contributed by atoms with Crippen LogP contribution < -0.4 is 10.6 Å². The molecule has 1 aromatic heterocycles. The maximum absolute atomic E-state index is 4.59. The normalized spacial score (nSPS) is 15.6. The van der Waals surface area contributed by atoms with Gasteiger partial charge in [-0.2, -0.15) is 0 Å². The molecular formula is C13H24N6. The standard InChI is InChI=1S/C13H24N6/c1-3-12-18-17-10-19(12)8-7-15-13(14-4-2)16-9-11-5-6-11/h10-11H,3-9H2,1-2H3,(H2,14,15,16). The van der Waals surface area contributed by atoms with Gasteiger partial charge in [0.05, 0.1) is 0 Å². The monoisotopic (exact) mass is 264 g/mol. The molecule has 19 heavy (non-hydrogen) atoms. The Labute approximate surface area is 114 Å². The second-order valence-electron chi connectivity index (χ2n) is 4.88. The van der Waals surface area contributed by atoms with Crippen molar-refractivity contribution in [2.75, 3.05) is 19.6 Å². The number of aliphatic imine (C=N–C) groups is 1. The lowest BCUT2D eigenvalue weighted by Gasteiger charge is -2.12. The molecule has 2 rings (SSSR count). The van der Waals surface area contributed by atoms with Gasteiger partial charge in [0.25, 0.3) is 0 Å². The third kappa shape index (κ3) is 4.54. The van der Waals surface area contributed by atoms with Crippen molar-refractivity contribution in [1.82, 2.24) is 25.4 Å². The highest BCUT2D eigenvalue weighted by atomic mass is 15.3. The van der Waals surface area contributed by atoms with E-state index >= 15 is 0 Å². The van der Waals surface area contributed by atoms with Gasteiger partial charge >= 0.3 is 0 Å². The van der Waals surface area contributed by atoms with Gasteiger partial charge in [0.15, 0.2) is 5.96 Å². The number of rotatable bonds is 7. The predicted octanol–water partition coefficient (Wildman–Crippen LogP) is 0.806. The van der Waals surface area contributed by atoms with Crippen molar-refractivity contribution in [2.24, 2.45) is 10.9 Å². The molecule has 0 amide bonds. The van der Waals surface area contributed by atoms with Crippen molar-refractivity contribution in [1.29, 1.82) is 0 Å². The van der Waals surface area contributed by atoms with Crippen LogP contribution in [-0.2, 0) is 13.0 Å². The summed E-state index contributed by atoms with van der Waals surface area (Å²) in [6, 6.07) is 0. The summed E-state index contributed by atoms with van der Waals surface area (Å²) in [5.74, 6) is 2.77. The fourth-order valence-corrected chi connectivity index (χ4v) is 1.90. The molecule has 0 unspecified atom stereocenters. The first-order valence-corrected chi connectivity index (χ1v) is 7.22. The average molecular weight is 264 g/mol. The van der Waals surface area contributed by atoms with Crippen LogP contribution in [0.3, 0.4) is 0 Å². The molecule has 0 saturated heterocycles. The average Bonchev–Trinajstić information content (AvgIpc) is 3.14. The van der Waals surface area contributed by atoms with Crippen LogP contribution in [0.1, 0.15) is 32.5 Å². The first-order valence-electron chi connectivity index (χ1n) is 7.22. The Morgan fingerprint density at radius 3 is 2.95 bits per heavy atom. The van der Waals surface area contributed by atoms with Crippen LogP contribution >= 0.6 is 0 Å². The van der Waals surface area contributed by atoms with Crippen molar-refractivity contribution in [2.45, 2.75) is 39.7 Å². The first kappa shape index (κ1) is 13.8. The van der Waals surface area contributed by atoms with Crippen molar-refractivity contribution in [3.05, 3.63) is 12.2 Å². The van der Waals surface area contributed by atoms with E-state index in [1.165, 1.54) is 12.8 Å². The molecule has 0 spiro atoms. The highest BCUT2D eigenvalue weighted by Gasteiger charge is 2.20. The van der Waals surface area contributed by atoms with Crippen molar-refractivity contribution in [3.63, 3.8) is 0 Å². The largest absolute Gasteiger partial charge is 0.357 e. The molecule has 0 aromatic carbocycles. The van der Waals surface area contributed by atoms with E-state index in [0.29, 0.717) is 0 Å². The summed E-state index contributed by atoms with van der Waals surface area (Å²) >= 11 is 0. The van der Waals surface area contributed by atoms with Crippen LogP contribution in [0.25, 0.3) is 0 Å². The zero-order valence-corrected chi connectivity index (χ0v) is 11.9. The lowest BCUT2D eigenvalue weighted by molar-refractivity contribution is 0.632. The van der Waals surface area contributed by atoms with E-state index in [4.69, 9.17) is 0 Å². The third-order valence-electron chi connectivity index (χ3n) is 3.21. The fourth-order valence-electron chi connectivity index (χ4n) is 1.90. The number of aryl methyl sites for hydroxylation is 1. The van der Waals surface area contributed by atoms with Gasteiger partial charge in [-0.25, -0.2) is 0 Å². The molecule has 1 fully saturated rings. The van der Waals surface area contributed by atoms with Gasteiger partial charge in [-0.05, 0) is 25.7 Å². The minimum absolute atomic E-state index is 0.819. The zero-order valence-electron chi connectivity index (χ0n) is 11.9. The second-order valence-corrected chi connectivity index (χ2v) is 4.88. The molecule has 6 heteroatoms. The highest BCUT2D eigenvalue weighted by Crippen LogP contribution is 2.28. The first-order chi connectivity index (χ1) is 9.33. The Kier molecular flexibility index (Phi) is 5.18. The van der Waals surface area contributed by atoms with Crippen molar-refractivity contribution < 1.29 is 0 Å². The van der Waals surface area contributed by atoms with E-state index in [0.717, 1.165) is 50.3 Å². The number of guanidine groups is 1. The van der Waals surface area contributed by atoms with Crippen LogP contribution in [0.5, 0.6) is 0 Å². The van der Waals surface area contributed by atoms with Gasteiger partial charge in [0.1, 0.15) is 12.2 Å². The van der Waals surface area contributed by atoms with Crippen LogP contribution in [-0.4, -0.2) is 40.4 Å². The number of hydrogen-bond donors (Lipinski definition) is 2. The van der Waals surface area contributed by atoms with Crippen LogP contribution in [0, 0.1) is 5.92 Å². The van der Waals surface area contributed by atoms with E-state index in [9.17, 15) is 0 Å². The summed E-state index contributed by atoms with van der Waals surface area (Å²) in [6.45, 7) is 7.72. The third-order valence-corrected chi connectivity index (χ3v) is 3.21. The molecule has 1 heterocycles. The number of aromatic nitrogens is 3. The molecule has 2 N–H and O–H groups in total. The van der Waals surface area contributed by atoms with Crippen LogP contribution in [0.4, 0.5) is 0 Å². The summed E-state index contributed by atoms with van der Waals surface area (Å²) in [7, 11) is 0. The summed E-state index contributed by atoms with van der Waals surface area (Å²) in [4.78, 5) is 4.59. The molecule has 6 nitrogen and oxygen atoms in total. The minimum Gasteiger partial charge on any atom is -0.357 e. The van der Waals surface area contributed by atoms with E-state index in [-0.39, 0.29) is 0 Å². The Hall–Kier alpha value is -1.59. The molecule has 1 aliphatic carbocycles. The SMILES string of the molecule is CCNC(=NCC1CC1)NCCn1cnnc1CC. The lowest BCUT2D eigenvalue weighted by atomic mass is 10.4. The molecule has 106 valence electrons. The molecule has 0 aliphatic heterocycles. The zero-order chi connectivity index (χ0) is 13.5. The summed E-state index contributed by atoms with van der Waals surface area (Å²) < 4.78 is 2.08. The molecular weight excluding hydrogens is 240 g/mol. The van der Waals surface area contributed by atoms with E-state index in [2.05, 4.69) is 44.2 Å². The predicted molar refractivity (Wildman–Crippen MR) is 76.1 cm³/mol. The molecule has 1 aromatic rings. The Morgan fingerprint density at radius 1 is 1.42 bits per heavy atom. The number of hydrogen-bond acceptors (Lipinski definition) is 3. The van der Waals surface area contributed by atoms with Gasteiger partial charge in [0.2, 0.25) is 0 Å². The molecule has 0 atom stereocenters.